The van der Waals surface area contributed by atoms with Gasteiger partial charge in [-0.15, -0.1) is 4.83 Å². The largest absolute Gasteiger partial charge is 0.326 e. The predicted molar refractivity (Wildman–Crippen MR) is 73.7 cm³/mol. The van der Waals surface area contributed by atoms with E-state index in [1.165, 1.54) is 12.1 Å². The summed E-state index contributed by atoms with van der Waals surface area (Å²) in [5.41, 5.74) is 5.58. The normalized spacial score (nSPS) is 18.4. The Morgan fingerprint density at radius 2 is 1.95 bits per heavy atom. The van der Waals surface area contributed by atoms with Gasteiger partial charge >= 0.3 is 0 Å². The molecule has 1 aliphatic rings. The van der Waals surface area contributed by atoms with Crippen LogP contribution in [0.1, 0.15) is 5.56 Å². The third-order valence-electron chi connectivity index (χ3n) is 3.30. The van der Waals surface area contributed by atoms with Crippen molar-refractivity contribution in [2.24, 2.45) is 5.73 Å². The molecule has 1 saturated heterocycles. The summed E-state index contributed by atoms with van der Waals surface area (Å²) in [6.07, 6.45) is 0. The predicted octanol–water partition coefficient (Wildman–Crippen LogP) is -0.275. The third kappa shape index (κ3) is 3.53. The van der Waals surface area contributed by atoms with Gasteiger partial charge in [0.15, 0.2) is 0 Å². The number of hydrogen-bond donors (Lipinski definition) is 2. The highest BCUT2D eigenvalue weighted by Gasteiger charge is 2.22. The number of sulfonamides is 1. The zero-order valence-electron chi connectivity index (χ0n) is 11.3. The molecule has 112 valence electrons. The zero-order chi connectivity index (χ0) is 14.8. The minimum atomic E-state index is -3.69. The van der Waals surface area contributed by atoms with E-state index in [2.05, 4.69) is 9.73 Å². The Bertz CT molecular complexity index is 571. The molecule has 1 heterocycles. The van der Waals surface area contributed by atoms with E-state index in [1.54, 1.807) is 5.01 Å². The number of piperazine rings is 1. The lowest BCUT2D eigenvalue weighted by atomic mass is 10.2. The van der Waals surface area contributed by atoms with Crippen molar-refractivity contribution in [1.29, 1.82) is 0 Å². The average Bonchev–Trinajstić information content (AvgIpc) is 2.41. The second-order valence-corrected chi connectivity index (χ2v) is 6.50. The summed E-state index contributed by atoms with van der Waals surface area (Å²) in [4.78, 5) is 4.66. The summed E-state index contributed by atoms with van der Waals surface area (Å²) in [5.74, 6) is -0.494. The Kier molecular flexibility index (Phi) is 4.71. The van der Waals surface area contributed by atoms with Crippen LogP contribution in [0.2, 0.25) is 0 Å². The summed E-state index contributed by atoms with van der Waals surface area (Å²) in [6.45, 7) is 2.77. The van der Waals surface area contributed by atoms with Crippen molar-refractivity contribution in [3.05, 3.63) is 29.6 Å². The summed E-state index contributed by atoms with van der Waals surface area (Å²) < 4.78 is 37.8. The maximum absolute atomic E-state index is 13.3. The minimum absolute atomic E-state index is 0.0262. The van der Waals surface area contributed by atoms with Crippen molar-refractivity contribution < 1.29 is 12.8 Å². The van der Waals surface area contributed by atoms with Crippen LogP contribution in [0.3, 0.4) is 0 Å². The molecule has 0 atom stereocenters. The summed E-state index contributed by atoms with van der Waals surface area (Å²) in [5, 5.41) is 1.65. The van der Waals surface area contributed by atoms with Crippen LogP contribution >= 0.6 is 0 Å². The summed E-state index contributed by atoms with van der Waals surface area (Å²) in [6, 6.07) is 3.64. The van der Waals surface area contributed by atoms with Gasteiger partial charge in [-0.1, -0.05) is 0 Å². The molecular formula is C12H19FN4O2S. The maximum Gasteiger partial charge on any atom is 0.253 e. The van der Waals surface area contributed by atoms with Gasteiger partial charge in [0.1, 0.15) is 5.82 Å². The Morgan fingerprint density at radius 1 is 1.30 bits per heavy atom. The van der Waals surface area contributed by atoms with Gasteiger partial charge in [0.2, 0.25) is 0 Å². The van der Waals surface area contributed by atoms with Crippen molar-refractivity contribution in [2.45, 2.75) is 11.4 Å². The topological polar surface area (TPSA) is 78.7 Å². The lowest BCUT2D eigenvalue weighted by Gasteiger charge is -2.32. The second kappa shape index (κ2) is 6.15. The molecule has 1 aliphatic heterocycles. The van der Waals surface area contributed by atoms with Crippen molar-refractivity contribution in [3.8, 4) is 0 Å². The highest BCUT2D eigenvalue weighted by molar-refractivity contribution is 7.89. The monoisotopic (exact) mass is 302 g/mol. The maximum atomic E-state index is 13.3. The van der Waals surface area contributed by atoms with Gasteiger partial charge in [-0.2, -0.15) is 0 Å². The molecule has 0 aromatic heterocycles. The van der Waals surface area contributed by atoms with Crippen LogP contribution in [-0.4, -0.2) is 51.6 Å². The van der Waals surface area contributed by atoms with Crippen LogP contribution in [0.4, 0.5) is 4.39 Å². The first kappa shape index (κ1) is 15.3. The molecule has 0 unspecified atom stereocenters. The lowest BCUT2D eigenvalue weighted by molar-refractivity contribution is 0.135. The van der Waals surface area contributed by atoms with Gasteiger partial charge in [-0.3, -0.25) is 0 Å². The van der Waals surface area contributed by atoms with Crippen molar-refractivity contribution in [2.75, 3.05) is 33.2 Å². The summed E-state index contributed by atoms with van der Waals surface area (Å²) >= 11 is 0. The van der Waals surface area contributed by atoms with Gasteiger partial charge in [0, 0.05) is 38.3 Å². The van der Waals surface area contributed by atoms with Crippen LogP contribution in [0.15, 0.2) is 23.1 Å². The van der Waals surface area contributed by atoms with E-state index < -0.39 is 15.8 Å². The molecule has 0 aliphatic carbocycles. The van der Waals surface area contributed by atoms with Gasteiger partial charge in [0.05, 0.1) is 4.90 Å². The van der Waals surface area contributed by atoms with Crippen LogP contribution in [0.5, 0.6) is 0 Å². The van der Waals surface area contributed by atoms with Gasteiger partial charge in [0.25, 0.3) is 10.0 Å². The number of likely N-dealkylation sites (N-methyl/N-ethyl adjacent to an activating group) is 1. The first-order valence-electron chi connectivity index (χ1n) is 6.37. The molecule has 1 fully saturated rings. The molecule has 8 heteroatoms. The number of halogens is 1. The number of hydrogen-bond acceptors (Lipinski definition) is 5. The molecule has 6 nitrogen and oxygen atoms in total. The van der Waals surface area contributed by atoms with Gasteiger partial charge in [-0.25, -0.2) is 17.8 Å². The number of hydrazine groups is 1. The highest BCUT2D eigenvalue weighted by atomic mass is 32.2. The molecule has 0 amide bonds. The number of nitrogens with zero attached hydrogens (tertiary/aromatic N) is 2. The average molecular weight is 302 g/mol. The minimum Gasteiger partial charge on any atom is -0.326 e. The molecule has 0 radical (unpaired) electrons. The fourth-order valence-corrected chi connectivity index (χ4v) is 3.17. The molecule has 1 aromatic rings. The van der Waals surface area contributed by atoms with Crippen molar-refractivity contribution >= 4 is 10.0 Å². The molecular weight excluding hydrogens is 283 g/mol. The SMILES string of the molecule is CN1CCN(NS(=O)(=O)c2ccc(F)c(CN)c2)CC1. The molecule has 2 rings (SSSR count). The number of benzene rings is 1. The smallest absolute Gasteiger partial charge is 0.253 e. The quantitative estimate of drug-likeness (QED) is 0.800. The second-order valence-electron chi connectivity index (χ2n) is 4.84. The van der Waals surface area contributed by atoms with Gasteiger partial charge in [-0.05, 0) is 25.2 Å². The molecule has 1 aromatic carbocycles. The standard InChI is InChI=1S/C12H19FN4O2S/c1-16-4-6-17(7-5-16)15-20(18,19)11-2-3-12(13)10(8-11)9-14/h2-3,8,15H,4-7,9,14H2,1H3. The number of nitrogens with two attached hydrogens (primary N) is 1. The Hall–Kier alpha value is -1.06. The van der Waals surface area contributed by atoms with Crippen LogP contribution in [0, 0.1) is 5.82 Å². The van der Waals surface area contributed by atoms with E-state index in [4.69, 9.17) is 5.73 Å². The molecule has 20 heavy (non-hydrogen) atoms. The van der Waals surface area contributed by atoms with E-state index in [0.29, 0.717) is 13.1 Å². The third-order valence-corrected chi connectivity index (χ3v) is 4.67. The highest BCUT2D eigenvalue weighted by Crippen LogP contribution is 2.15. The first-order valence-corrected chi connectivity index (χ1v) is 7.85. The molecule has 3 N–H and O–H groups in total. The zero-order valence-corrected chi connectivity index (χ0v) is 12.2. The summed E-state index contributed by atoms with van der Waals surface area (Å²) in [7, 11) is -1.71. The Morgan fingerprint density at radius 3 is 2.55 bits per heavy atom. The van der Waals surface area contributed by atoms with E-state index in [9.17, 15) is 12.8 Å². The molecule has 0 spiro atoms. The van der Waals surface area contributed by atoms with Crippen molar-refractivity contribution in [3.63, 3.8) is 0 Å². The van der Waals surface area contributed by atoms with Crippen LogP contribution in [0.25, 0.3) is 0 Å². The fraction of sp³-hybridized carbons (Fsp3) is 0.500. The molecule has 0 bridgehead atoms. The van der Waals surface area contributed by atoms with E-state index in [1.807, 2.05) is 7.05 Å². The van der Waals surface area contributed by atoms with E-state index >= 15 is 0 Å². The number of rotatable bonds is 4. The van der Waals surface area contributed by atoms with Gasteiger partial charge < -0.3 is 10.6 Å². The van der Waals surface area contributed by atoms with Crippen molar-refractivity contribution in [1.82, 2.24) is 14.7 Å². The van der Waals surface area contributed by atoms with Crippen LogP contribution in [-0.2, 0) is 16.6 Å². The first-order chi connectivity index (χ1) is 9.42. The van der Waals surface area contributed by atoms with Crippen LogP contribution < -0.4 is 10.6 Å². The fourth-order valence-electron chi connectivity index (χ4n) is 2.00. The lowest BCUT2D eigenvalue weighted by Crippen LogP contribution is -2.52. The number of nitrogens with one attached hydrogen (secondary N) is 1. The van der Waals surface area contributed by atoms with E-state index in [-0.39, 0.29) is 17.0 Å². The molecule has 0 saturated carbocycles. The Balaban J connectivity index is 2.14. The van der Waals surface area contributed by atoms with E-state index in [0.717, 1.165) is 19.2 Å². The Labute approximate surface area is 118 Å².